The molecule has 1 nitrogen and oxygen atoms in total. The molecule has 1 aromatic rings. The molecule has 2 aliphatic carbocycles. The zero-order valence-corrected chi connectivity index (χ0v) is 11.0. The number of hydrogen-bond acceptors (Lipinski definition) is 1. The van der Waals surface area contributed by atoms with Crippen molar-refractivity contribution in [2.45, 2.75) is 46.0 Å². The molecule has 2 bridgehead atoms. The van der Waals surface area contributed by atoms with Crippen LogP contribution in [-0.2, 0) is 0 Å². The third-order valence-electron chi connectivity index (χ3n) is 6.11. The Morgan fingerprint density at radius 2 is 1.88 bits per heavy atom. The van der Waals surface area contributed by atoms with E-state index in [0.717, 1.165) is 5.92 Å². The predicted octanol–water partition coefficient (Wildman–Crippen LogP) is 4.32. The molecule has 2 fully saturated rings. The lowest BCUT2D eigenvalue weighted by atomic mass is 9.65. The third kappa shape index (κ3) is 1.26. The fourth-order valence-corrected chi connectivity index (χ4v) is 4.46. The summed E-state index contributed by atoms with van der Waals surface area (Å²) in [5.74, 6) is 1.86. The summed E-state index contributed by atoms with van der Waals surface area (Å²) >= 11 is 0. The third-order valence-corrected chi connectivity index (χ3v) is 6.11. The zero-order valence-electron chi connectivity index (χ0n) is 11.0. The average molecular weight is 230 g/mol. The lowest BCUT2D eigenvalue weighted by Crippen LogP contribution is -2.31. The van der Waals surface area contributed by atoms with Gasteiger partial charge in [-0.2, -0.15) is 0 Å². The summed E-state index contributed by atoms with van der Waals surface area (Å²) in [5.41, 5.74) is 1.95. The Balaban J connectivity index is 2.06. The second-order valence-electron chi connectivity index (χ2n) is 6.72. The number of hydrogen-bond donors (Lipinski definition) is 1. The largest absolute Gasteiger partial charge is 0.508 e. The Hall–Kier alpha value is -0.980. The molecule has 0 spiro atoms. The summed E-state index contributed by atoms with van der Waals surface area (Å²) in [5, 5.41) is 10.1. The number of rotatable bonds is 1. The Morgan fingerprint density at radius 3 is 2.41 bits per heavy atom. The van der Waals surface area contributed by atoms with E-state index in [1.54, 1.807) is 0 Å². The first-order valence-corrected chi connectivity index (χ1v) is 6.75. The first-order valence-electron chi connectivity index (χ1n) is 6.75. The second kappa shape index (κ2) is 3.28. The number of benzene rings is 1. The van der Waals surface area contributed by atoms with E-state index >= 15 is 0 Å². The maximum Gasteiger partial charge on any atom is 0.119 e. The molecule has 1 N–H and O–H groups in total. The van der Waals surface area contributed by atoms with Gasteiger partial charge >= 0.3 is 0 Å². The van der Waals surface area contributed by atoms with Crippen LogP contribution in [0.3, 0.4) is 0 Å². The molecule has 92 valence electrons. The van der Waals surface area contributed by atoms with Gasteiger partial charge in [0, 0.05) is 0 Å². The van der Waals surface area contributed by atoms with E-state index < -0.39 is 0 Å². The van der Waals surface area contributed by atoms with Crippen molar-refractivity contribution in [2.75, 3.05) is 0 Å². The molecule has 1 heteroatoms. The summed E-state index contributed by atoms with van der Waals surface area (Å²) in [6, 6.07) is 7.91. The van der Waals surface area contributed by atoms with E-state index in [2.05, 4.69) is 32.9 Å². The van der Waals surface area contributed by atoms with Crippen molar-refractivity contribution >= 4 is 0 Å². The van der Waals surface area contributed by atoms with Crippen LogP contribution in [0.25, 0.3) is 0 Å². The van der Waals surface area contributed by atoms with Crippen LogP contribution in [0.2, 0.25) is 0 Å². The van der Waals surface area contributed by atoms with E-state index in [9.17, 15) is 5.11 Å². The van der Waals surface area contributed by atoms with Crippen LogP contribution < -0.4 is 0 Å². The molecular formula is C16H22O. The molecule has 0 amide bonds. The van der Waals surface area contributed by atoms with Crippen molar-refractivity contribution in [1.29, 1.82) is 0 Å². The van der Waals surface area contributed by atoms with Crippen molar-refractivity contribution < 1.29 is 5.11 Å². The molecule has 0 aliphatic heterocycles. The first kappa shape index (κ1) is 11.1. The Labute approximate surface area is 104 Å². The van der Waals surface area contributed by atoms with Crippen molar-refractivity contribution in [3.63, 3.8) is 0 Å². The Kier molecular flexibility index (Phi) is 2.14. The monoisotopic (exact) mass is 230 g/mol. The van der Waals surface area contributed by atoms with Crippen molar-refractivity contribution in [3.8, 4) is 5.75 Å². The van der Waals surface area contributed by atoms with Crippen LogP contribution in [0.1, 0.15) is 51.5 Å². The minimum atomic E-state index is 0.358. The highest BCUT2D eigenvalue weighted by Gasteiger charge is 2.61. The number of para-hydroxylation sites is 1. The maximum absolute atomic E-state index is 10.1. The summed E-state index contributed by atoms with van der Waals surface area (Å²) in [6.07, 6.45) is 3.93. The number of phenols is 1. The highest BCUT2D eigenvalue weighted by molar-refractivity contribution is 5.38. The van der Waals surface area contributed by atoms with Crippen molar-refractivity contribution in [2.24, 2.45) is 16.7 Å². The molecule has 0 aromatic heterocycles. The van der Waals surface area contributed by atoms with Gasteiger partial charge in [0.25, 0.3) is 0 Å². The molecule has 0 radical (unpaired) electrons. The van der Waals surface area contributed by atoms with E-state index in [1.807, 2.05) is 12.1 Å². The second-order valence-corrected chi connectivity index (χ2v) is 6.72. The lowest BCUT2D eigenvalue weighted by molar-refractivity contribution is 0.133. The van der Waals surface area contributed by atoms with Gasteiger partial charge in [-0.3, -0.25) is 0 Å². The van der Waals surface area contributed by atoms with Gasteiger partial charge in [0.15, 0.2) is 0 Å². The highest BCUT2D eigenvalue weighted by Crippen LogP contribution is 2.71. The topological polar surface area (TPSA) is 20.2 Å². The van der Waals surface area contributed by atoms with Gasteiger partial charge < -0.3 is 5.11 Å². The molecule has 0 unspecified atom stereocenters. The molecule has 17 heavy (non-hydrogen) atoms. The molecule has 1 aromatic carbocycles. The molecule has 0 heterocycles. The fraction of sp³-hybridized carbons (Fsp3) is 0.625. The highest BCUT2D eigenvalue weighted by atomic mass is 16.3. The predicted molar refractivity (Wildman–Crippen MR) is 70.1 cm³/mol. The van der Waals surface area contributed by atoms with E-state index in [-0.39, 0.29) is 0 Å². The van der Waals surface area contributed by atoms with Crippen LogP contribution in [0.4, 0.5) is 0 Å². The van der Waals surface area contributed by atoms with Gasteiger partial charge in [-0.15, -0.1) is 0 Å². The van der Waals surface area contributed by atoms with E-state index in [4.69, 9.17) is 0 Å². The van der Waals surface area contributed by atoms with Crippen LogP contribution in [0.15, 0.2) is 24.3 Å². The van der Waals surface area contributed by atoms with Crippen LogP contribution >= 0.6 is 0 Å². The van der Waals surface area contributed by atoms with Crippen LogP contribution in [0, 0.1) is 16.7 Å². The van der Waals surface area contributed by atoms with E-state index in [0.29, 0.717) is 22.5 Å². The first-order chi connectivity index (χ1) is 7.97. The zero-order chi connectivity index (χ0) is 12.3. The standard InChI is InChI=1S/C16H22O/c1-15(2)11-8-9-16(15,3)13(10-11)12-6-4-5-7-14(12)17/h4-7,11,13,17H,8-10H2,1-3H3/t11-,13+,16+/m1/s1. The van der Waals surface area contributed by atoms with Gasteiger partial charge in [0.05, 0.1) is 0 Å². The summed E-state index contributed by atoms with van der Waals surface area (Å²) in [6.45, 7) is 7.27. The minimum absolute atomic E-state index is 0.358. The molecule has 3 rings (SSSR count). The van der Waals surface area contributed by atoms with Crippen LogP contribution in [0.5, 0.6) is 5.75 Å². The van der Waals surface area contributed by atoms with Gasteiger partial charge in [-0.1, -0.05) is 39.0 Å². The molecular weight excluding hydrogens is 208 g/mol. The fourth-order valence-electron chi connectivity index (χ4n) is 4.46. The number of aromatic hydroxyl groups is 1. The summed E-state index contributed by atoms with van der Waals surface area (Å²) in [4.78, 5) is 0. The van der Waals surface area contributed by atoms with Gasteiger partial charge in [0.2, 0.25) is 0 Å². The molecule has 0 saturated heterocycles. The quantitative estimate of drug-likeness (QED) is 0.761. The van der Waals surface area contributed by atoms with Gasteiger partial charge in [-0.25, -0.2) is 0 Å². The number of fused-ring (bicyclic) bond motifs is 2. The average Bonchev–Trinajstić information content (AvgIpc) is 2.62. The van der Waals surface area contributed by atoms with Gasteiger partial charge in [0.1, 0.15) is 5.75 Å². The van der Waals surface area contributed by atoms with Gasteiger partial charge in [-0.05, 0) is 53.6 Å². The number of phenolic OH excluding ortho intramolecular Hbond substituents is 1. The van der Waals surface area contributed by atoms with Crippen molar-refractivity contribution in [3.05, 3.63) is 29.8 Å². The lowest BCUT2D eigenvalue weighted by Gasteiger charge is -2.39. The normalized spacial score (nSPS) is 38.5. The molecule has 3 atom stereocenters. The smallest absolute Gasteiger partial charge is 0.119 e. The van der Waals surface area contributed by atoms with Crippen LogP contribution in [-0.4, -0.2) is 5.11 Å². The molecule has 2 aliphatic rings. The molecule has 2 saturated carbocycles. The Morgan fingerprint density at radius 1 is 1.18 bits per heavy atom. The SMILES string of the molecule is CC1(C)[C@@H]2CC[C@@]1(C)[C@H](c1ccccc1O)C2. The summed E-state index contributed by atoms with van der Waals surface area (Å²) in [7, 11) is 0. The van der Waals surface area contributed by atoms with Crippen molar-refractivity contribution in [1.82, 2.24) is 0 Å². The Bertz CT molecular complexity index is 449. The maximum atomic E-state index is 10.1. The van der Waals surface area contributed by atoms with E-state index in [1.165, 1.54) is 24.8 Å². The summed E-state index contributed by atoms with van der Waals surface area (Å²) < 4.78 is 0. The minimum Gasteiger partial charge on any atom is -0.508 e.